The van der Waals surface area contributed by atoms with E-state index in [0.717, 1.165) is 5.69 Å². The fourth-order valence-corrected chi connectivity index (χ4v) is 1.09. The first-order chi connectivity index (χ1) is 5.25. The number of nitrogens with zero attached hydrogens (tertiary/aromatic N) is 4. The van der Waals surface area contributed by atoms with E-state index in [1.165, 1.54) is 6.08 Å². The molecule has 0 N–H and O–H groups in total. The number of nitriles is 1. The van der Waals surface area contributed by atoms with Crippen molar-refractivity contribution in [2.75, 3.05) is 0 Å². The number of rotatable bonds is 1. The van der Waals surface area contributed by atoms with Crippen molar-refractivity contribution in [2.24, 2.45) is 7.05 Å². The third kappa shape index (κ3) is 1.65. The van der Waals surface area contributed by atoms with E-state index in [-0.39, 0.29) is 0 Å². The maximum atomic E-state index is 8.24. The van der Waals surface area contributed by atoms with Crippen LogP contribution in [0.2, 0.25) is 0 Å². The number of aryl methyl sites for hydroxylation is 1. The molecule has 0 saturated carbocycles. The summed E-state index contributed by atoms with van der Waals surface area (Å²) in [5, 5.41) is 15.7. The Balaban J connectivity index is 3.03. The summed E-state index contributed by atoms with van der Waals surface area (Å²) in [5.41, 5.74) is 0.784. The monoisotopic (exact) mass is 212 g/mol. The van der Waals surface area contributed by atoms with Crippen LogP contribution in [0.4, 0.5) is 0 Å². The van der Waals surface area contributed by atoms with Crippen molar-refractivity contribution in [3.63, 3.8) is 0 Å². The molecule has 0 atom stereocenters. The Morgan fingerprint density at radius 2 is 2.45 bits per heavy atom. The van der Waals surface area contributed by atoms with Gasteiger partial charge in [0.15, 0.2) is 4.60 Å². The van der Waals surface area contributed by atoms with Crippen molar-refractivity contribution in [1.29, 1.82) is 5.26 Å². The summed E-state index contributed by atoms with van der Waals surface area (Å²) in [5.74, 6) is 0. The van der Waals surface area contributed by atoms with Gasteiger partial charge >= 0.3 is 0 Å². The van der Waals surface area contributed by atoms with E-state index in [0.29, 0.717) is 4.60 Å². The van der Waals surface area contributed by atoms with Crippen LogP contribution in [0.3, 0.4) is 0 Å². The number of allylic oxidation sites excluding steroid dienone is 1. The summed E-state index contributed by atoms with van der Waals surface area (Å²) >= 11 is 3.19. The molecule has 0 bridgehead atoms. The van der Waals surface area contributed by atoms with E-state index in [1.54, 1.807) is 17.8 Å². The van der Waals surface area contributed by atoms with Crippen LogP contribution in [0.1, 0.15) is 5.69 Å². The topological polar surface area (TPSA) is 54.5 Å². The van der Waals surface area contributed by atoms with Crippen molar-refractivity contribution >= 4 is 22.0 Å². The number of hydrogen-bond donors (Lipinski definition) is 0. The molecule has 4 nitrogen and oxygen atoms in total. The minimum atomic E-state index is 0.645. The van der Waals surface area contributed by atoms with Crippen LogP contribution in [0.5, 0.6) is 0 Å². The van der Waals surface area contributed by atoms with Crippen LogP contribution in [-0.4, -0.2) is 15.0 Å². The Bertz CT molecular complexity index is 300. The van der Waals surface area contributed by atoms with E-state index in [1.807, 2.05) is 6.07 Å². The average Bonchev–Trinajstić information content (AvgIpc) is 2.29. The van der Waals surface area contributed by atoms with Gasteiger partial charge in [-0.3, -0.25) is 0 Å². The summed E-state index contributed by atoms with van der Waals surface area (Å²) < 4.78 is 2.23. The first kappa shape index (κ1) is 7.95. The highest BCUT2D eigenvalue weighted by atomic mass is 79.9. The Kier molecular flexibility index (Phi) is 2.39. The molecule has 0 fully saturated rings. The molecule has 0 saturated heterocycles. The van der Waals surface area contributed by atoms with Crippen LogP contribution in [0, 0.1) is 11.3 Å². The first-order valence-corrected chi connectivity index (χ1v) is 3.66. The van der Waals surface area contributed by atoms with Crippen molar-refractivity contribution in [2.45, 2.75) is 0 Å². The molecule has 0 amide bonds. The molecule has 1 aromatic rings. The minimum absolute atomic E-state index is 0.645. The summed E-state index contributed by atoms with van der Waals surface area (Å²) in [6.45, 7) is 0. The minimum Gasteiger partial charge on any atom is -0.247 e. The van der Waals surface area contributed by atoms with Gasteiger partial charge < -0.3 is 0 Å². The highest BCUT2D eigenvalue weighted by molar-refractivity contribution is 9.10. The molecule has 0 spiro atoms. The zero-order valence-corrected chi connectivity index (χ0v) is 7.41. The second-order valence-electron chi connectivity index (χ2n) is 1.85. The average molecular weight is 213 g/mol. The quantitative estimate of drug-likeness (QED) is 0.656. The normalized spacial score (nSPS) is 10.3. The Labute approximate surface area is 72.3 Å². The molecular formula is C6H5BrN4. The second kappa shape index (κ2) is 3.30. The SMILES string of the molecule is Cn1nnc(Br)c1/C=C/C#N. The number of halogens is 1. The van der Waals surface area contributed by atoms with Crippen molar-refractivity contribution < 1.29 is 0 Å². The van der Waals surface area contributed by atoms with Gasteiger partial charge in [0, 0.05) is 13.1 Å². The molecule has 1 heterocycles. The molecule has 0 unspecified atom stereocenters. The van der Waals surface area contributed by atoms with Crippen molar-refractivity contribution in [3.8, 4) is 6.07 Å². The van der Waals surface area contributed by atoms with E-state index >= 15 is 0 Å². The molecular weight excluding hydrogens is 208 g/mol. The Morgan fingerprint density at radius 3 is 2.91 bits per heavy atom. The maximum absolute atomic E-state index is 8.24. The Morgan fingerprint density at radius 1 is 1.73 bits per heavy atom. The summed E-state index contributed by atoms with van der Waals surface area (Å²) in [7, 11) is 1.76. The molecule has 56 valence electrons. The van der Waals surface area contributed by atoms with Gasteiger partial charge in [-0.25, -0.2) is 4.68 Å². The van der Waals surface area contributed by atoms with Gasteiger partial charge in [-0.2, -0.15) is 5.26 Å². The van der Waals surface area contributed by atoms with E-state index in [4.69, 9.17) is 5.26 Å². The molecule has 5 heteroatoms. The number of aromatic nitrogens is 3. The Hall–Kier alpha value is -1.15. The largest absolute Gasteiger partial charge is 0.247 e. The smallest absolute Gasteiger partial charge is 0.155 e. The van der Waals surface area contributed by atoms with Gasteiger partial charge in [-0.05, 0) is 22.0 Å². The molecule has 0 aromatic carbocycles. The van der Waals surface area contributed by atoms with Gasteiger partial charge in [0.25, 0.3) is 0 Å². The molecule has 0 aliphatic carbocycles. The van der Waals surface area contributed by atoms with Crippen LogP contribution >= 0.6 is 15.9 Å². The van der Waals surface area contributed by atoms with Gasteiger partial charge in [-0.15, -0.1) is 5.10 Å². The predicted octanol–water partition coefficient (Wildman–Crippen LogP) is 1.11. The highest BCUT2D eigenvalue weighted by Crippen LogP contribution is 2.12. The van der Waals surface area contributed by atoms with Crippen LogP contribution in [0.25, 0.3) is 6.08 Å². The standard InChI is InChI=1S/C6H5BrN4/c1-11-5(3-2-4-8)6(7)9-10-11/h2-3H,1H3/b3-2+. The second-order valence-corrected chi connectivity index (χ2v) is 2.60. The third-order valence-electron chi connectivity index (χ3n) is 1.14. The fraction of sp³-hybridized carbons (Fsp3) is 0.167. The van der Waals surface area contributed by atoms with Crippen LogP contribution in [0.15, 0.2) is 10.7 Å². The molecule has 1 rings (SSSR count). The molecule has 1 aromatic heterocycles. The van der Waals surface area contributed by atoms with Crippen LogP contribution < -0.4 is 0 Å². The summed E-state index contributed by atoms with van der Waals surface area (Å²) in [4.78, 5) is 0. The molecule has 0 radical (unpaired) electrons. The lowest BCUT2D eigenvalue weighted by Crippen LogP contribution is -1.92. The van der Waals surface area contributed by atoms with Gasteiger partial charge in [0.2, 0.25) is 0 Å². The molecule has 0 aliphatic rings. The first-order valence-electron chi connectivity index (χ1n) is 2.87. The van der Waals surface area contributed by atoms with E-state index in [9.17, 15) is 0 Å². The third-order valence-corrected chi connectivity index (χ3v) is 1.71. The van der Waals surface area contributed by atoms with E-state index in [2.05, 4.69) is 26.2 Å². The maximum Gasteiger partial charge on any atom is 0.155 e. The zero-order valence-electron chi connectivity index (χ0n) is 5.82. The predicted molar refractivity (Wildman–Crippen MR) is 43.4 cm³/mol. The summed E-state index contributed by atoms with van der Waals surface area (Å²) in [6, 6.07) is 1.89. The van der Waals surface area contributed by atoms with E-state index < -0.39 is 0 Å². The fourth-order valence-electron chi connectivity index (χ4n) is 0.632. The lowest BCUT2D eigenvalue weighted by molar-refractivity contribution is 0.709. The lowest BCUT2D eigenvalue weighted by atomic mass is 10.4. The van der Waals surface area contributed by atoms with Crippen molar-refractivity contribution in [1.82, 2.24) is 15.0 Å². The zero-order chi connectivity index (χ0) is 8.27. The van der Waals surface area contributed by atoms with Crippen molar-refractivity contribution in [3.05, 3.63) is 16.4 Å². The highest BCUT2D eigenvalue weighted by Gasteiger charge is 2.01. The molecule has 11 heavy (non-hydrogen) atoms. The molecule has 0 aliphatic heterocycles. The van der Waals surface area contributed by atoms with Gasteiger partial charge in [0.1, 0.15) is 0 Å². The lowest BCUT2D eigenvalue weighted by Gasteiger charge is -1.89. The van der Waals surface area contributed by atoms with Crippen LogP contribution in [-0.2, 0) is 7.05 Å². The number of hydrogen-bond acceptors (Lipinski definition) is 3. The summed E-state index contributed by atoms with van der Waals surface area (Å²) in [6.07, 6.45) is 3.02. The van der Waals surface area contributed by atoms with Gasteiger partial charge in [-0.1, -0.05) is 5.21 Å². The van der Waals surface area contributed by atoms with Gasteiger partial charge in [0.05, 0.1) is 11.8 Å².